The Balaban J connectivity index is 1.45. The fourth-order valence-electron chi connectivity index (χ4n) is 5.06. The molecule has 1 N–H and O–H groups in total. The largest absolute Gasteiger partial charge is 0.493 e. The van der Waals surface area contributed by atoms with Crippen molar-refractivity contribution in [3.63, 3.8) is 0 Å². The van der Waals surface area contributed by atoms with Crippen molar-refractivity contribution in [3.8, 4) is 22.8 Å². The van der Waals surface area contributed by atoms with Crippen LogP contribution in [0, 0.1) is 0 Å². The second-order valence-corrected chi connectivity index (χ2v) is 9.13. The maximum atomic E-state index is 13.4. The summed E-state index contributed by atoms with van der Waals surface area (Å²) in [5.74, 6) is -0.414. The molecule has 180 valence electrons. The average Bonchev–Trinajstić information content (AvgIpc) is 3.61. The van der Waals surface area contributed by atoms with Gasteiger partial charge in [-0.3, -0.25) is 19.3 Å². The van der Waals surface area contributed by atoms with Gasteiger partial charge in [-0.2, -0.15) is 0 Å². The third kappa shape index (κ3) is 4.22. The molecule has 2 aliphatic rings. The number of aromatic nitrogens is 1. The molecule has 1 aliphatic carbocycles. The minimum absolute atomic E-state index is 0.0406. The number of aromatic amines is 1. The first-order valence-corrected chi connectivity index (χ1v) is 12.0. The van der Waals surface area contributed by atoms with Gasteiger partial charge in [0, 0.05) is 24.0 Å². The molecule has 1 unspecified atom stereocenters. The Kier molecular flexibility index (Phi) is 6.16. The van der Waals surface area contributed by atoms with Gasteiger partial charge in [0.05, 0.1) is 30.3 Å². The number of nitrogens with one attached hydrogen (secondary N) is 1. The number of ether oxygens (including phenoxy) is 2. The Hall–Kier alpha value is -3.87. The number of Topliss-reactive ketones (excluding diaryl/α,β-unsaturated/α-hetero) is 1. The summed E-state index contributed by atoms with van der Waals surface area (Å²) in [5, 5.41) is 0. The zero-order chi connectivity index (χ0) is 24.5. The molecule has 1 fully saturated rings. The lowest BCUT2D eigenvalue weighted by Crippen LogP contribution is -2.36. The summed E-state index contributed by atoms with van der Waals surface area (Å²) in [6.45, 7) is 1.44. The number of carbonyl (C=O) groups excluding carboxylic acids is 3. The number of methoxy groups -OCH3 is 1. The molecule has 2 heterocycles. The Morgan fingerprint density at radius 3 is 2.49 bits per heavy atom. The van der Waals surface area contributed by atoms with Crippen LogP contribution >= 0.6 is 0 Å². The van der Waals surface area contributed by atoms with Gasteiger partial charge in [0.1, 0.15) is 5.78 Å². The molecule has 3 aromatic rings. The predicted octanol–water partition coefficient (Wildman–Crippen LogP) is 4.98. The van der Waals surface area contributed by atoms with Gasteiger partial charge >= 0.3 is 0 Å². The first kappa shape index (κ1) is 22.9. The summed E-state index contributed by atoms with van der Waals surface area (Å²) in [6, 6.07) is 14.3. The molecule has 0 radical (unpaired) electrons. The van der Waals surface area contributed by atoms with Crippen molar-refractivity contribution in [3.05, 3.63) is 71.4 Å². The van der Waals surface area contributed by atoms with Crippen LogP contribution < -0.4 is 9.47 Å². The highest BCUT2D eigenvalue weighted by molar-refractivity contribution is 6.24. The van der Waals surface area contributed by atoms with Crippen LogP contribution in [0.1, 0.15) is 64.8 Å². The van der Waals surface area contributed by atoms with Crippen LogP contribution in [0.25, 0.3) is 11.3 Å². The minimum Gasteiger partial charge on any atom is -0.493 e. The Morgan fingerprint density at radius 2 is 1.80 bits per heavy atom. The zero-order valence-corrected chi connectivity index (χ0v) is 19.9. The summed E-state index contributed by atoms with van der Waals surface area (Å²) < 4.78 is 11.7. The normalized spacial score (nSPS) is 16.5. The highest BCUT2D eigenvalue weighted by Crippen LogP contribution is 2.37. The lowest BCUT2D eigenvalue weighted by atomic mass is 9.94. The fraction of sp³-hybridized carbons (Fsp3) is 0.321. The van der Waals surface area contributed by atoms with E-state index >= 15 is 0 Å². The Labute approximate surface area is 204 Å². The molecule has 0 spiro atoms. The molecule has 35 heavy (non-hydrogen) atoms. The van der Waals surface area contributed by atoms with Crippen molar-refractivity contribution in [1.82, 2.24) is 9.88 Å². The van der Waals surface area contributed by atoms with E-state index in [0.717, 1.165) is 31.4 Å². The van der Waals surface area contributed by atoms with E-state index in [-0.39, 0.29) is 24.3 Å². The molecular formula is C28H28N2O5. The lowest BCUT2D eigenvalue weighted by molar-refractivity contribution is -0.118. The van der Waals surface area contributed by atoms with Crippen molar-refractivity contribution in [1.29, 1.82) is 0 Å². The number of H-pyrrole nitrogens is 1. The van der Waals surface area contributed by atoms with Crippen molar-refractivity contribution in [2.45, 2.75) is 44.6 Å². The first-order chi connectivity index (χ1) is 17.0. The number of hydrogen-bond donors (Lipinski definition) is 1. The van der Waals surface area contributed by atoms with E-state index in [1.54, 1.807) is 37.6 Å². The molecule has 5 rings (SSSR count). The molecular weight excluding hydrogens is 444 g/mol. The number of fused-ring (bicyclic) bond motifs is 1. The Morgan fingerprint density at radius 1 is 1.03 bits per heavy atom. The predicted molar refractivity (Wildman–Crippen MR) is 131 cm³/mol. The number of nitrogens with zero attached hydrogens (tertiary/aromatic N) is 1. The fourth-order valence-corrected chi connectivity index (χ4v) is 5.06. The van der Waals surface area contributed by atoms with Crippen LogP contribution in [0.15, 0.2) is 54.7 Å². The van der Waals surface area contributed by atoms with Crippen LogP contribution in [0.4, 0.5) is 0 Å². The van der Waals surface area contributed by atoms with Gasteiger partial charge in [0.2, 0.25) is 0 Å². The molecule has 1 atom stereocenters. The summed E-state index contributed by atoms with van der Waals surface area (Å²) in [4.78, 5) is 43.7. The van der Waals surface area contributed by atoms with E-state index in [4.69, 9.17) is 9.47 Å². The van der Waals surface area contributed by atoms with Crippen LogP contribution in [-0.2, 0) is 4.79 Å². The zero-order valence-electron chi connectivity index (χ0n) is 19.9. The number of hydrogen-bond acceptors (Lipinski definition) is 5. The Bertz CT molecular complexity index is 1270. The molecule has 1 aliphatic heterocycles. The number of rotatable bonds is 8. The van der Waals surface area contributed by atoms with E-state index in [2.05, 4.69) is 4.98 Å². The monoisotopic (exact) mass is 472 g/mol. The summed E-state index contributed by atoms with van der Waals surface area (Å²) in [6.07, 6.45) is 6.13. The van der Waals surface area contributed by atoms with E-state index in [0.29, 0.717) is 33.8 Å². The summed E-state index contributed by atoms with van der Waals surface area (Å²) in [5.41, 5.74) is 2.83. The van der Waals surface area contributed by atoms with Crippen LogP contribution in [0.2, 0.25) is 0 Å². The standard InChI is InChI=1S/C28H28N2O5/c1-17(31)22(18-12-13-24(34-2)25(15-18)35-19-7-3-4-8-19)16-30-27(32)21-10-5-9-20(26(21)28(30)33)23-11-6-14-29-23/h5-6,9-15,19,22,29H,3-4,7-8,16H2,1-2H3. The molecule has 0 bridgehead atoms. The van der Waals surface area contributed by atoms with Gasteiger partial charge < -0.3 is 14.5 Å². The van der Waals surface area contributed by atoms with Crippen LogP contribution in [-0.4, -0.2) is 47.2 Å². The van der Waals surface area contributed by atoms with Gasteiger partial charge in [0.25, 0.3) is 11.8 Å². The highest BCUT2D eigenvalue weighted by Gasteiger charge is 2.39. The number of amides is 2. The van der Waals surface area contributed by atoms with Crippen molar-refractivity contribution in [2.75, 3.05) is 13.7 Å². The molecule has 0 saturated heterocycles. The number of benzene rings is 2. The van der Waals surface area contributed by atoms with Gasteiger partial charge in [-0.25, -0.2) is 0 Å². The van der Waals surface area contributed by atoms with E-state index < -0.39 is 11.8 Å². The molecule has 1 aromatic heterocycles. The van der Waals surface area contributed by atoms with E-state index in [1.807, 2.05) is 24.3 Å². The first-order valence-electron chi connectivity index (χ1n) is 12.0. The lowest BCUT2D eigenvalue weighted by Gasteiger charge is -2.23. The van der Waals surface area contributed by atoms with Crippen molar-refractivity contribution < 1.29 is 23.9 Å². The van der Waals surface area contributed by atoms with Gasteiger partial charge in [-0.1, -0.05) is 18.2 Å². The average molecular weight is 473 g/mol. The molecule has 1 saturated carbocycles. The summed E-state index contributed by atoms with van der Waals surface area (Å²) >= 11 is 0. The third-order valence-electron chi connectivity index (χ3n) is 6.93. The van der Waals surface area contributed by atoms with Crippen LogP contribution in [0.3, 0.4) is 0 Å². The number of imide groups is 1. The van der Waals surface area contributed by atoms with Crippen LogP contribution in [0.5, 0.6) is 11.5 Å². The SMILES string of the molecule is COc1ccc(C(CN2C(=O)c3cccc(-c4ccc[nH]4)c3C2=O)C(C)=O)cc1OC1CCCC1. The number of ketones is 1. The second-order valence-electron chi connectivity index (χ2n) is 9.13. The second kappa shape index (κ2) is 9.41. The van der Waals surface area contributed by atoms with Gasteiger partial charge in [-0.15, -0.1) is 0 Å². The van der Waals surface area contributed by atoms with Crippen molar-refractivity contribution >= 4 is 17.6 Å². The van der Waals surface area contributed by atoms with E-state index in [1.165, 1.54) is 11.8 Å². The maximum Gasteiger partial charge on any atom is 0.262 e. The smallest absolute Gasteiger partial charge is 0.262 e. The maximum absolute atomic E-state index is 13.4. The van der Waals surface area contributed by atoms with E-state index in [9.17, 15) is 14.4 Å². The number of carbonyl (C=O) groups is 3. The van der Waals surface area contributed by atoms with Gasteiger partial charge in [0.15, 0.2) is 11.5 Å². The van der Waals surface area contributed by atoms with Gasteiger partial charge in [-0.05, 0) is 68.5 Å². The highest BCUT2D eigenvalue weighted by atomic mass is 16.5. The summed E-state index contributed by atoms with van der Waals surface area (Å²) in [7, 11) is 1.58. The van der Waals surface area contributed by atoms with Crippen molar-refractivity contribution in [2.24, 2.45) is 0 Å². The third-order valence-corrected chi connectivity index (χ3v) is 6.93. The quantitative estimate of drug-likeness (QED) is 0.467. The molecule has 2 aromatic carbocycles. The molecule has 7 nitrogen and oxygen atoms in total. The molecule has 7 heteroatoms. The topological polar surface area (TPSA) is 88.7 Å². The minimum atomic E-state index is -0.678. The molecule has 2 amide bonds.